The Morgan fingerprint density at radius 2 is 2.26 bits per heavy atom. The first-order valence-electron chi connectivity index (χ1n) is 7.23. The van der Waals surface area contributed by atoms with Crippen LogP contribution >= 0.6 is 0 Å². The maximum absolute atomic E-state index is 10.6. The lowest BCUT2D eigenvalue weighted by Gasteiger charge is -2.45. The lowest BCUT2D eigenvalue weighted by molar-refractivity contribution is 0.0329. The second-order valence-corrected chi connectivity index (χ2v) is 5.90. The topological polar surface area (TPSA) is 36.7 Å². The van der Waals surface area contributed by atoms with Crippen molar-refractivity contribution >= 4 is 6.29 Å². The van der Waals surface area contributed by atoms with E-state index in [-0.39, 0.29) is 0 Å². The Kier molecular flexibility index (Phi) is 3.71. The summed E-state index contributed by atoms with van der Waals surface area (Å²) in [5, 5.41) is 0. The monoisotopic (exact) mass is 262 g/mol. The third kappa shape index (κ3) is 2.74. The third-order valence-corrected chi connectivity index (χ3v) is 4.61. The summed E-state index contributed by atoms with van der Waals surface area (Å²) < 4.78 is 5.47. The van der Waals surface area contributed by atoms with Crippen LogP contribution in [0.4, 0.5) is 0 Å². The predicted octanol–water partition coefficient (Wildman–Crippen LogP) is 2.01. The molecule has 2 aliphatic heterocycles. The fraction of sp³-hybridized carbons (Fsp3) is 0.667. The van der Waals surface area contributed by atoms with Gasteiger partial charge in [0.25, 0.3) is 0 Å². The van der Waals surface area contributed by atoms with Crippen molar-refractivity contribution in [3.63, 3.8) is 0 Å². The maximum atomic E-state index is 10.6. The Labute approximate surface area is 114 Å². The minimum absolute atomic E-state index is 0.433. The Hall–Kier alpha value is -1.13. The molecule has 1 aromatic rings. The van der Waals surface area contributed by atoms with E-state index < -0.39 is 0 Å². The van der Waals surface area contributed by atoms with Crippen molar-refractivity contribution in [2.45, 2.75) is 31.8 Å². The molecule has 0 aromatic carbocycles. The van der Waals surface area contributed by atoms with Crippen LogP contribution < -0.4 is 0 Å². The van der Waals surface area contributed by atoms with Gasteiger partial charge >= 0.3 is 0 Å². The number of hydrogen-bond donors (Lipinski definition) is 0. The molecule has 2 atom stereocenters. The molecule has 2 saturated heterocycles. The van der Waals surface area contributed by atoms with E-state index in [1.165, 1.54) is 25.8 Å². The molecular formula is C15H22N2O2. The van der Waals surface area contributed by atoms with Gasteiger partial charge in [-0.1, -0.05) is 0 Å². The molecule has 2 unspecified atom stereocenters. The molecule has 4 heteroatoms. The lowest BCUT2D eigenvalue weighted by Crippen LogP contribution is -2.52. The Morgan fingerprint density at radius 3 is 3.05 bits per heavy atom. The van der Waals surface area contributed by atoms with Crippen molar-refractivity contribution in [2.75, 3.05) is 26.7 Å². The summed E-state index contributed by atoms with van der Waals surface area (Å²) in [6.45, 7) is 4.37. The summed E-state index contributed by atoms with van der Waals surface area (Å²) in [7, 11) is 2.26. The van der Waals surface area contributed by atoms with Crippen LogP contribution in [0.15, 0.2) is 16.5 Å². The van der Waals surface area contributed by atoms with Gasteiger partial charge < -0.3 is 9.32 Å². The van der Waals surface area contributed by atoms with Crippen LogP contribution in [0.3, 0.4) is 0 Å². The van der Waals surface area contributed by atoms with Gasteiger partial charge in [-0.15, -0.1) is 0 Å². The molecule has 2 aliphatic rings. The van der Waals surface area contributed by atoms with Crippen molar-refractivity contribution in [3.05, 3.63) is 23.7 Å². The van der Waals surface area contributed by atoms with Crippen LogP contribution in [-0.4, -0.2) is 48.8 Å². The highest BCUT2D eigenvalue weighted by atomic mass is 16.3. The van der Waals surface area contributed by atoms with Crippen molar-refractivity contribution in [1.29, 1.82) is 0 Å². The minimum Gasteiger partial charge on any atom is -0.457 e. The molecule has 1 aromatic heterocycles. The summed E-state index contributed by atoms with van der Waals surface area (Å²) in [6, 6.07) is 4.44. The zero-order valence-electron chi connectivity index (χ0n) is 11.5. The number of hydrogen-bond acceptors (Lipinski definition) is 4. The van der Waals surface area contributed by atoms with Gasteiger partial charge in [0.05, 0.1) is 6.54 Å². The predicted molar refractivity (Wildman–Crippen MR) is 73.1 cm³/mol. The van der Waals surface area contributed by atoms with Gasteiger partial charge in [-0.2, -0.15) is 0 Å². The fourth-order valence-electron chi connectivity index (χ4n) is 3.63. The van der Waals surface area contributed by atoms with E-state index in [0.717, 1.165) is 43.6 Å². The zero-order chi connectivity index (χ0) is 13.2. The first-order chi connectivity index (χ1) is 9.26. The van der Waals surface area contributed by atoms with Gasteiger partial charge in [-0.25, -0.2) is 0 Å². The second-order valence-electron chi connectivity index (χ2n) is 5.90. The Balaban J connectivity index is 1.60. The first-order valence-corrected chi connectivity index (χ1v) is 7.23. The van der Waals surface area contributed by atoms with E-state index in [4.69, 9.17) is 4.42 Å². The number of nitrogens with zero attached hydrogens (tertiary/aromatic N) is 2. The average molecular weight is 262 g/mol. The van der Waals surface area contributed by atoms with Gasteiger partial charge in [-0.05, 0) is 50.9 Å². The van der Waals surface area contributed by atoms with E-state index in [9.17, 15) is 4.79 Å². The summed E-state index contributed by atoms with van der Waals surface area (Å²) in [5.41, 5.74) is 0. The van der Waals surface area contributed by atoms with Crippen LogP contribution in [0.25, 0.3) is 0 Å². The molecule has 0 bridgehead atoms. The molecule has 3 heterocycles. The molecule has 0 aliphatic carbocycles. The van der Waals surface area contributed by atoms with E-state index in [1.54, 1.807) is 6.07 Å². The lowest BCUT2D eigenvalue weighted by atomic mass is 9.84. The molecule has 0 N–H and O–H groups in total. The van der Waals surface area contributed by atoms with Gasteiger partial charge in [-0.3, -0.25) is 9.69 Å². The SMILES string of the molecule is CN1CCCC2CN(Cc3ccc(C=O)o3)CCC21. The molecule has 19 heavy (non-hydrogen) atoms. The Bertz CT molecular complexity index is 443. The molecule has 2 fully saturated rings. The first kappa shape index (κ1) is 12.9. The summed E-state index contributed by atoms with van der Waals surface area (Å²) >= 11 is 0. The van der Waals surface area contributed by atoms with Gasteiger partial charge in [0, 0.05) is 19.1 Å². The van der Waals surface area contributed by atoms with Crippen LogP contribution in [0.1, 0.15) is 35.6 Å². The van der Waals surface area contributed by atoms with Gasteiger partial charge in [0.15, 0.2) is 12.0 Å². The highest BCUT2D eigenvalue weighted by Crippen LogP contribution is 2.30. The van der Waals surface area contributed by atoms with Crippen molar-refractivity contribution in [3.8, 4) is 0 Å². The number of piperidine rings is 2. The van der Waals surface area contributed by atoms with Gasteiger partial charge in [0.1, 0.15) is 5.76 Å². The molecule has 3 rings (SSSR count). The van der Waals surface area contributed by atoms with Crippen molar-refractivity contribution in [2.24, 2.45) is 5.92 Å². The van der Waals surface area contributed by atoms with Crippen LogP contribution in [0, 0.1) is 5.92 Å². The highest BCUT2D eigenvalue weighted by Gasteiger charge is 2.34. The molecule has 0 spiro atoms. The molecular weight excluding hydrogens is 240 g/mol. The number of likely N-dealkylation sites (tertiary alicyclic amines) is 2. The third-order valence-electron chi connectivity index (χ3n) is 4.61. The summed E-state index contributed by atoms with van der Waals surface area (Å²) in [4.78, 5) is 15.6. The smallest absolute Gasteiger partial charge is 0.185 e. The number of rotatable bonds is 3. The van der Waals surface area contributed by atoms with E-state index in [0.29, 0.717) is 5.76 Å². The fourth-order valence-corrected chi connectivity index (χ4v) is 3.63. The average Bonchev–Trinajstić information content (AvgIpc) is 2.86. The number of fused-ring (bicyclic) bond motifs is 1. The van der Waals surface area contributed by atoms with E-state index in [2.05, 4.69) is 16.8 Å². The van der Waals surface area contributed by atoms with Crippen LogP contribution in [0.2, 0.25) is 0 Å². The number of carbonyl (C=O) groups is 1. The minimum atomic E-state index is 0.433. The van der Waals surface area contributed by atoms with E-state index in [1.807, 2.05) is 6.07 Å². The number of aldehydes is 1. The van der Waals surface area contributed by atoms with Crippen molar-refractivity contribution in [1.82, 2.24) is 9.80 Å². The summed E-state index contributed by atoms with van der Waals surface area (Å²) in [6.07, 6.45) is 4.69. The zero-order valence-corrected chi connectivity index (χ0v) is 11.5. The largest absolute Gasteiger partial charge is 0.457 e. The normalized spacial score (nSPS) is 29.1. The van der Waals surface area contributed by atoms with Crippen LogP contribution in [0.5, 0.6) is 0 Å². The summed E-state index contributed by atoms with van der Waals surface area (Å²) in [5.74, 6) is 2.14. The standard InChI is InChI=1S/C15H22N2O2/c1-16-7-2-3-12-9-17(8-6-15(12)16)10-13-4-5-14(11-18)19-13/h4-5,11-12,15H,2-3,6-10H2,1H3. The van der Waals surface area contributed by atoms with Gasteiger partial charge in [0.2, 0.25) is 0 Å². The quantitative estimate of drug-likeness (QED) is 0.781. The van der Waals surface area contributed by atoms with Crippen LogP contribution in [-0.2, 0) is 6.54 Å². The van der Waals surface area contributed by atoms with Crippen molar-refractivity contribution < 1.29 is 9.21 Å². The second kappa shape index (κ2) is 5.47. The number of furan rings is 1. The number of carbonyl (C=O) groups excluding carboxylic acids is 1. The molecule has 0 radical (unpaired) electrons. The molecule has 0 amide bonds. The highest BCUT2D eigenvalue weighted by molar-refractivity contribution is 5.70. The molecule has 104 valence electrons. The van der Waals surface area contributed by atoms with E-state index >= 15 is 0 Å². The Morgan fingerprint density at radius 1 is 1.37 bits per heavy atom. The molecule has 4 nitrogen and oxygen atoms in total. The molecule has 0 saturated carbocycles. The maximum Gasteiger partial charge on any atom is 0.185 e.